The van der Waals surface area contributed by atoms with Gasteiger partial charge in [0.1, 0.15) is 6.33 Å². The van der Waals surface area contributed by atoms with Crippen LogP contribution in [0.1, 0.15) is 22.9 Å². The lowest BCUT2D eigenvalue weighted by Gasteiger charge is -2.22. The first kappa shape index (κ1) is 15.3. The quantitative estimate of drug-likeness (QED) is 0.608. The summed E-state index contributed by atoms with van der Waals surface area (Å²) >= 11 is 0. The number of anilines is 1. The Labute approximate surface area is 145 Å². The first-order chi connectivity index (χ1) is 12.2. The number of aryl methyl sites for hydroxylation is 1. The minimum absolute atomic E-state index is 0.0436. The molecule has 0 aliphatic heterocycles. The zero-order valence-electron chi connectivity index (χ0n) is 14.2. The van der Waals surface area contributed by atoms with Gasteiger partial charge < -0.3 is 5.32 Å². The Hall–Kier alpha value is -3.22. The fourth-order valence-electron chi connectivity index (χ4n) is 2.92. The van der Waals surface area contributed by atoms with Crippen LogP contribution in [0.2, 0.25) is 0 Å². The van der Waals surface area contributed by atoms with E-state index in [4.69, 9.17) is 0 Å². The van der Waals surface area contributed by atoms with Crippen LogP contribution >= 0.6 is 0 Å². The van der Waals surface area contributed by atoms with Gasteiger partial charge in [-0.1, -0.05) is 30.3 Å². The van der Waals surface area contributed by atoms with Crippen LogP contribution in [0.15, 0.2) is 55.1 Å². The molecule has 7 heteroatoms. The molecule has 0 amide bonds. The van der Waals surface area contributed by atoms with E-state index in [9.17, 15) is 0 Å². The highest BCUT2D eigenvalue weighted by Crippen LogP contribution is 2.27. The third kappa shape index (κ3) is 2.96. The van der Waals surface area contributed by atoms with Gasteiger partial charge in [-0.2, -0.15) is 14.7 Å². The summed E-state index contributed by atoms with van der Waals surface area (Å²) in [4.78, 5) is 0. The molecular formula is C18H19N7. The smallest absolute Gasteiger partial charge is 0.200 e. The van der Waals surface area contributed by atoms with Crippen molar-refractivity contribution in [1.82, 2.24) is 29.6 Å². The molecule has 1 N–H and O–H groups in total. The maximum absolute atomic E-state index is 4.49. The predicted molar refractivity (Wildman–Crippen MR) is 95.3 cm³/mol. The standard InChI is InChI=1S/C18H19N7/c1-13-14(2)23-25-12-19-22-18(25)17(13)21-16(11-24-10-6-9-20-24)15-7-4-3-5-8-15/h3-10,12,16,21H,11H2,1-2H3. The van der Waals surface area contributed by atoms with Crippen LogP contribution in [-0.4, -0.2) is 29.6 Å². The van der Waals surface area contributed by atoms with Crippen LogP contribution in [-0.2, 0) is 6.54 Å². The molecular weight excluding hydrogens is 314 g/mol. The Bertz CT molecular complexity index is 974. The molecule has 0 fully saturated rings. The van der Waals surface area contributed by atoms with Gasteiger partial charge in [0.25, 0.3) is 0 Å². The highest BCUT2D eigenvalue weighted by molar-refractivity contribution is 5.71. The van der Waals surface area contributed by atoms with E-state index in [0.29, 0.717) is 6.54 Å². The summed E-state index contributed by atoms with van der Waals surface area (Å²) in [6.07, 6.45) is 5.38. The van der Waals surface area contributed by atoms with Gasteiger partial charge in [0.2, 0.25) is 5.65 Å². The van der Waals surface area contributed by atoms with Gasteiger partial charge in [-0.15, -0.1) is 10.2 Å². The highest BCUT2D eigenvalue weighted by Gasteiger charge is 2.18. The van der Waals surface area contributed by atoms with Crippen molar-refractivity contribution >= 4 is 11.3 Å². The topological polar surface area (TPSA) is 72.9 Å². The maximum atomic E-state index is 4.49. The van der Waals surface area contributed by atoms with E-state index in [1.807, 2.05) is 42.1 Å². The Morgan fingerprint density at radius 3 is 2.72 bits per heavy atom. The molecule has 7 nitrogen and oxygen atoms in total. The average molecular weight is 333 g/mol. The minimum atomic E-state index is 0.0436. The lowest BCUT2D eigenvalue weighted by Crippen LogP contribution is -2.19. The van der Waals surface area contributed by atoms with Crippen molar-refractivity contribution < 1.29 is 0 Å². The molecule has 3 aromatic heterocycles. The molecule has 0 spiro atoms. The first-order valence-corrected chi connectivity index (χ1v) is 8.18. The molecule has 4 aromatic rings. The van der Waals surface area contributed by atoms with Crippen LogP contribution in [0.25, 0.3) is 5.65 Å². The molecule has 4 rings (SSSR count). The summed E-state index contributed by atoms with van der Waals surface area (Å²) in [6, 6.07) is 12.3. The number of benzene rings is 1. The Balaban J connectivity index is 1.76. The summed E-state index contributed by atoms with van der Waals surface area (Å²) in [5.41, 5.74) is 4.88. The fraction of sp³-hybridized carbons (Fsp3) is 0.222. The number of rotatable bonds is 5. The van der Waals surface area contributed by atoms with E-state index in [1.54, 1.807) is 17.0 Å². The van der Waals surface area contributed by atoms with Gasteiger partial charge in [-0.05, 0) is 31.0 Å². The second-order valence-corrected chi connectivity index (χ2v) is 6.02. The second kappa shape index (κ2) is 6.35. The van der Waals surface area contributed by atoms with Crippen LogP contribution < -0.4 is 5.32 Å². The Morgan fingerprint density at radius 2 is 1.96 bits per heavy atom. The van der Waals surface area contributed by atoms with E-state index in [0.717, 1.165) is 22.6 Å². The molecule has 126 valence electrons. The first-order valence-electron chi connectivity index (χ1n) is 8.18. The fourth-order valence-corrected chi connectivity index (χ4v) is 2.92. The second-order valence-electron chi connectivity index (χ2n) is 6.02. The lowest BCUT2D eigenvalue weighted by atomic mass is 10.1. The number of fused-ring (bicyclic) bond motifs is 1. The van der Waals surface area contributed by atoms with Crippen LogP contribution in [0.5, 0.6) is 0 Å². The van der Waals surface area contributed by atoms with Crippen molar-refractivity contribution in [2.45, 2.75) is 26.4 Å². The molecule has 0 saturated carbocycles. The molecule has 25 heavy (non-hydrogen) atoms. The number of nitrogens with one attached hydrogen (secondary N) is 1. The maximum Gasteiger partial charge on any atom is 0.200 e. The molecule has 0 bridgehead atoms. The number of aromatic nitrogens is 6. The van der Waals surface area contributed by atoms with E-state index in [-0.39, 0.29) is 6.04 Å². The number of hydrogen-bond acceptors (Lipinski definition) is 5. The SMILES string of the molecule is Cc1nn2cnnc2c(NC(Cn2cccn2)c2ccccc2)c1C. The van der Waals surface area contributed by atoms with Crippen molar-refractivity contribution in [3.05, 3.63) is 71.9 Å². The van der Waals surface area contributed by atoms with E-state index in [1.165, 1.54) is 5.56 Å². The summed E-state index contributed by atoms with van der Waals surface area (Å²) < 4.78 is 3.63. The van der Waals surface area contributed by atoms with Crippen molar-refractivity contribution in [2.24, 2.45) is 0 Å². The normalized spacial score (nSPS) is 12.4. The van der Waals surface area contributed by atoms with Crippen molar-refractivity contribution in [3.63, 3.8) is 0 Å². The largest absolute Gasteiger partial charge is 0.373 e. The van der Waals surface area contributed by atoms with Gasteiger partial charge in [0.15, 0.2) is 0 Å². The Morgan fingerprint density at radius 1 is 1.12 bits per heavy atom. The molecule has 0 radical (unpaired) electrons. The molecule has 0 aliphatic carbocycles. The van der Waals surface area contributed by atoms with Gasteiger partial charge in [-0.25, -0.2) is 0 Å². The zero-order chi connectivity index (χ0) is 17.2. The van der Waals surface area contributed by atoms with E-state index < -0.39 is 0 Å². The van der Waals surface area contributed by atoms with Crippen molar-refractivity contribution in [3.8, 4) is 0 Å². The van der Waals surface area contributed by atoms with Gasteiger partial charge in [-0.3, -0.25) is 4.68 Å². The van der Waals surface area contributed by atoms with Crippen LogP contribution in [0, 0.1) is 13.8 Å². The molecule has 1 aromatic carbocycles. The summed E-state index contributed by atoms with van der Waals surface area (Å²) in [5.74, 6) is 0. The van der Waals surface area contributed by atoms with Crippen LogP contribution in [0.4, 0.5) is 5.69 Å². The lowest BCUT2D eigenvalue weighted by molar-refractivity contribution is 0.551. The Kier molecular flexibility index (Phi) is 3.89. The monoisotopic (exact) mass is 333 g/mol. The van der Waals surface area contributed by atoms with Crippen LogP contribution in [0.3, 0.4) is 0 Å². The minimum Gasteiger partial charge on any atom is -0.373 e. The molecule has 0 aliphatic rings. The zero-order valence-corrected chi connectivity index (χ0v) is 14.2. The third-order valence-electron chi connectivity index (χ3n) is 4.38. The summed E-state index contributed by atoms with van der Waals surface area (Å²) in [6.45, 7) is 4.75. The van der Waals surface area contributed by atoms with Crippen molar-refractivity contribution in [1.29, 1.82) is 0 Å². The highest BCUT2D eigenvalue weighted by atomic mass is 15.4. The van der Waals surface area contributed by atoms with Gasteiger partial charge in [0, 0.05) is 12.4 Å². The molecule has 1 atom stereocenters. The molecule has 1 unspecified atom stereocenters. The number of nitrogens with zero attached hydrogens (tertiary/aromatic N) is 6. The number of hydrogen-bond donors (Lipinski definition) is 1. The summed E-state index contributed by atoms with van der Waals surface area (Å²) in [7, 11) is 0. The average Bonchev–Trinajstić information content (AvgIpc) is 3.30. The van der Waals surface area contributed by atoms with Crippen molar-refractivity contribution in [2.75, 3.05) is 5.32 Å². The van der Waals surface area contributed by atoms with Gasteiger partial charge >= 0.3 is 0 Å². The molecule has 0 saturated heterocycles. The van der Waals surface area contributed by atoms with Gasteiger partial charge in [0.05, 0.1) is 24.0 Å². The molecule has 3 heterocycles. The van der Waals surface area contributed by atoms with E-state index in [2.05, 4.69) is 44.8 Å². The third-order valence-corrected chi connectivity index (χ3v) is 4.38. The summed E-state index contributed by atoms with van der Waals surface area (Å²) in [5, 5.41) is 20.7. The van der Waals surface area contributed by atoms with E-state index >= 15 is 0 Å². The predicted octanol–water partition coefficient (Wildman–Crippen LogP) is 2.79.